The summed E-state index contributed by atoms with van der Waals surface area (Å²) in [5.74, 6) is 0.0899. The van der Waals surface area contributed by atoms with Crippen molar-refractivity contribution in [2.45, 2.75) is 148 Å². The molecule has 0 unspecified atom stereocenters. The van der Waals surface area contributed by atoms with Crippen LogP contribution in [0.25, 0.3) is 0 Å². The predicted molar refractivity (Wildman–Crippen MR) is 126 cm³/mol. The number of nitrogens with one attached hydrogen (secondary N) is 2. The van der Waals surface area contributed by atoms with Gasteiger partial charge in [0, 0.05) is 19.1 Å². The number of hydrogen-bond acceptors (Lipinski definition) is 3. The number of hydrogen-bond donors (Lipinski definition) is 3. The van der Waals surface area contributed by atoms with Crippen molar-refractivity contribution in [3.63, 3.8) is 0 Å². The Morgan fingerprint density at radius 1 is 0.655 bits per heavy atom. The van der Waals surface area contributed by atoms with E-state index in [-0.39, 0.29) is 12.5 Å². The lowest BCUT2D eigenvalue weighted by molar-refractivity contribution is -0.122. The summed E-state index contributed by atoms with van der Waals surface area (Å²) in [5, 5.41) is 8.82. The predicted octanol–water partition coefficient (Wildman–Crippen LogP) is 6.81. The lowest BCUT2D eigenvalue weighted by Crippen LogP contribution is -2.44. The second kappa shape index (κ2) is 23.7. The van der Waals surface area contributed by atoms with Gasteiger partial charge in [0.05, 0.1) is 0 Å². The fourth-order valence-electron chi connectivity index (χ4n) is 3.80. The van der Waals surface area contributed by atoms with Crippen molar-refractivity contribution in [3.05, 3.63) is 0 Å². The van der Waals surface area contributed by atoms with Crippen LogP contribution in [0.2, 0.25) is 0 Å². The van der Waals surface area contributed by atoms with Crippen LogP contribution in [0.3, 0.4) is 0 Å². The van der Waals surface area contributed by atoms with Crippen LogP contribution in [0, 0.1) is 0 Å². The van der Waals surface area contributed by atoms with Crippen molar-refractivity contribution >= 4 is 5.91 Å². The molecule has 0 heterocycles. The van der Waals surface area contributed by atoms with E-state index in [9.17, 15) is 4.79 Å². The molecule has 0 fully saturated rings. The fraction of sp³-hybridized carbons (Fsp3) is 0.960. The van der Waals surface area contributed by atoms with Crippen molar-refractivity contribution in [1.29, 1.82) is 0 Å². The zero-order chi connectivity index (χ0) is 21.4. The van der Waals surface area contributed by atoms with E-state index in [1.807, 2.05) is 0 Å². The first-order valence-electron chi connectivity index (χ1n) is 12.9. The average Bonchev–Trinajstić information content (AvgIpc) is 2.73. The largest absolute Gasteiger partial charge is 0.396 e. The van der Waals surface area contributed by atoms with E-state index in [0.717, 1.165) is 32.1 Å². The molecule has 29 heavy (non-hydrogen) atoms. The van der Waals surface area contributed by atoms with E-state index in [0.29, 0.717) is 12.5 Å². The minimum atomic E-state index is 0.0899. The number of rotatable bonds is 23. The number of unbranched alkanes of at least 4 members (excludes halogenated alkanes) is 14. The highest BCUT2D eigenvalue weighted by Crippen LogP contribution is 2.14. The molecule has 0 spiro atoms. The first-order valence-corrected chi connectivity index (χ1v) is 12.9. The lowest BCUT2D eigenvalue weighted by Gasteiger charge is -2.19. The maximum atomic E-state index is 12.0. The van der Waals surface area contributed by atoms with Gasteiger partial charge >= 0.3 is 0 Å². The number of carbonyl (C=O) groups is 1. The van der Waals surface area contributed by atoms with Crippen LogP contribution in [-0.4, -0.2) is 23.7 Å². The molecule has 0 aromatic heterocycles. The van der Waals surface area contributed by atoms with Crippen LogP contribution in [0.5, 0.6) is 0 Å². The molecule has 0 aliphatic carbocycles. The Balaban J connectivity index is 3.98. The summed E-state index contributed by atoms with van der Waals surface area (Å²) in [7, 11) is 0. The average molecular weight is 413 g/mol. The van der Waals surface area contributed by atoms with Gasteiger partial charge in [-0.05, 0) is 25.7 Å². The zero-order valence-corrected chi connectivity index (χ0v) is 19.8. The van der Waals surface area contributed by atoms with Crippen molar-refractivity contribution in [3.8, 4) is 0 Å². The lowest BCUT2D eigenvalue weighted by atomic mass is 10.0. The number of aliphatic hydroxyl groups is 1. The molecule has 1 amide bonds. The maximum Gasteiger partial charge on any atom is 0.234 e. The molecule has 174 valence electrons. The molecule has 0 saturated carbocycles. The van der Waals surface area contributed by atoms with E-state index in [4.69, 9.17) is 5.11 Å². The highest BCUT2D eigenvalue weighted by atomic mass is 16.2. The van der Waals surface area contributed by atoms with E-state index in [2.05, 4.69) is 24.7 Å². The van der Waals surface area contributed by atoms with Crippen LogP contribution in [0.1, 0.15) is 142 Å². The monoisotopic (exact) mass is 412 g/mol. The fourth-order valence-corrected chi connectivity index (χ4v) is 3.80. The Hall–Kier alpha value is -0.610. The molecular weight excluding hydrogens is 360 g/mol. The number of amides is 1. The summed E-state index contributed by atoms with van der Waals surface area (Å²) < 4.78 is 0. The topological polar surface area (TPSA) is 61.4 Å². The van der Waals surface area contributed by atoms with Gasteiger partial charge in [0.1, 0.15) is 0 Å². The van der Waals surface area contributed by atoms with Crippen molar-refractivity contribution in [2.24, 2.45) is 0 Å². The van der Waals surface area contributed by atoms with Crippen molar-refractivity contribution < 1.29 is 9.90 Å². The Morgan fingerprint density at radius 2 is 1.10 bits per heavy atom. The number of hydrazine groups is 1. The molecular formula is C25H52N2O2. The van der Waals surface area contributed by atoms with Crippen molar-refractivity contribution in [1.82, 2.24) is 10.9 Å². The standard InChI is InChI=1S/C25H52N2O2/c1-3-5-7-9-11-13-16-20-24(21-17-14-12-10-8-6-4-2)26-27-25(29)22-18-15-19-23-28/h24,26,28H,3-23H2,1-2H3,(H,27,29). The third-order valence-corrected chi connectivity index (χ3v) is 5.79. The zero-order valence-electron chi connectivity index (χ0n) is 19.8. The molecule has 0 bridgehead atoms. The Kier molecular flexibility index (Phi) is 23.2. The molecule has 0 radical (unpaired) electrons. The van der Waals surface area contributed by atoms with E-state index in [1.165, 1.54) is 89.9 Å². The van der Waals surface area contributed by atoms with Gasteiger partial charge in [0.25, 0.3) is 0 Å². The number of aliphatic hydroxyl groups excluding tert-OH is 1. The summed E-state index contributed by atoms with van der Waals surface area (Å²) in [6, 6.07) is 0.405. The number of carbonyl (C=O) groups excluding carboxylic acids is 1. The molecule has 4 nitrogen and oxygen atoms in total. The van der Waals surface area contributed by atoms with Crippen LogP contribution >= 0.6 is 0 Å². The van der Waals surface area contributed by atoms with Crippen molar-refractivity contribution in [2.75, 3.05) is 6.61 Å². The summed E-state index contributed by atoms with van der Waals surface area (Å²) in [4.78, 5) is 12.0. The Bertz CT molecular complexity index is 319. The smallest absolute Gasteiger partial charge is 0.234 e. The molecule has 0 aromatic carbocycles. The van der Waals surface area contributed by atoms with Gasteiger partial charge in [0.2, 0.25) is 5.91 Å². The maximum absolute atomic E-state index is 12.0. The van der Waals surface area contributed by atoms with Gasteiger partial charge < -0.3 is 5.11 Å². The van der Waals surface area contributed by atoms with Gasteiger partial charge in [-0.25, -0.2) is 5.43 Å². The summed E-state index contributed by atoms with van der Waals surface area (Å²) in [6.07, 6.45) is 24.1. The minimum Gasteiger partial charge on any atom is -0.396 e. The molecule has 4 heteroatoms. The quantitative estimate of drug-likeness (QED) is 0.128. The van der Waals surface area contributed by atoms with E-state index < -0.39 is 0 Å². The third kappa shape index (κ3) is 21.9. The molecule has 0 aromatic rings. The van der Waals surface area contributed by atoms with Gasteiger partial charge in [0.15, 0.2) is 0 Å². The first kappa shape index (κ1) is 28.4. The van der Waals surface area contributed by atoms with Crippen LogP contribution < -0.4 is 10.9 Å². The summed E-state index contributed by atoms with van der Waals surface area (Å²) in [5.41, 5.74) is 6.28. The second-order valence-corrected chi connectivity index (χ2v) is 8.74. The molecule has 0 saturated heterocycles. The Morgan fingerprint density at radius 3 is 1.59 bits per heavy atom. The summed E-state index contributed by atoms with van der Waals surface area (Å²) in [6.45, 7) is 4.75. The van der Waals surface area contributed by atoms with Crippen LogP contribution in [0.4, 0.5) is 0 Å². The highest BCUT2D eigenvalue weighted by Gasteiger charge is 2.10. The van der Waals surface area contributed by atoms with Crippen LogP contribution in [-0.2, 0) is 4.79 Å². The third-order valence-electron chi connectivity index (χ3n) is 5.79. The molecule has 0 aliphatic rings. The summed E-state index contributed by atoms with van der Waals surface area (Å²) >= 11 is 0. The normalized spacial score (nSPS) is 11.3. The van der Waals surface area contributed by atoms with Gasteiger partial charge in [-0.3, -0.25) is 10.2 Å². The molecule has 0 atom stereocenters. The van der Waals surface area contributed by atoms with E-state index >= 15 is 0 Å². The van der Waals surface area contributed by atoms with Gasteiger partial charge in [-0.2, -0.15) is 0 Å². The molecule has 0 aliphatic heterocycles. The van der Waals surface area contributed by atoms with Gasteiger partial charge in [-0.15, -0.1) is 0 Å². The van der Waals surface area contributed by atoms with Gasteiger partial charge in [-0.1, -0.05) is 110 Å². The second-order valence-electron chi connectivity index (χ2n) is 8.74. The SMILES string of the molecule is CCCCCCCCCC(CCCCCCCCC)NNC(=O)CCCCCO. The molecule has 3 N–H and O–H groups in total. The molecule has 0 rings (SSSR count). The van der Waals surface area contributed by atoms with E-state index in [1.54, 1.807) is 0 Å². The van der Waals surface area contributed by atoms with Crippen LogP contribution in [0.15, 0.2) is 0 Å². The first-order chi connectivity index (χ1) is 14.2. The Labute approximate surface area is 182 Å². The highest BCUT2D eigenvalue weighted by molar-refractivity contribution is 5.75. The minimum absolute atomic E-state index is 0.0899.